The highest BCUT2D eigenvalue weighted by atomic mass is 35.5. The predicted octanol–water partition coefficient (Wildman–Crippen LogP) is 2.27. The van der Waals surface area contributed by atoms with Gasteiger partial charge in [0.2, 0.25) is 11.7 Å². The van der Waals surface area contributed by atoms with Crippen LogP contribution in [-0.2, 0) is 0 Å². The van der Waals surface area contributed by atoms with E-state index in [1.807, 2.05) is 6.92 Å². The summed E-state index contributed by atoms with van der Waals surface area (Å²) < 4.78 is 5.08. The van der Waals surface area contributed by atoms with Gasteiger partial charge >= 0.3 is 0 Å². The third kappa shape index (κ3) is 2.45. The van der Waals surface area contributed by atoms with E-state index in [1.54, 1.807) is 25.3 Å². The molecule has 0 aliphatic heterocycles. The molecule has 2 atom stereocenters. The van der Waals surface area contributed by atoms with E-state index in [2.05, 4.69) is 15.1 Å². The highest BCUT2D eigenvalue weighted by Gasteiger charge is 2.20. The highest BCUT2D eigenvalue weighted by molar-refractivity contribution is 6.32. The molecule has 5 nitrogen and oxygen atoms in total. The van der Waals surface area contributed by atoms with E-state index in [0.29, 0.717) is 22.4 Å². The molecule has 0 spiro atoms. The Morgan fingerprint density at radius 3 is 2.82 bits per heavy atom. The Kier molecular flexibility index (Phi) is 3.40. The van der Waals surface area contributed by atoms with Crippen molar-refractivity contribution < 1.29 is 9.63 Å². The Hall–Kier alpha value is -1.46. The number of aromatic nitrogens is 3. The number of rotatable bonds is 3. The summed E-state index contributed by atoms with van der Waals surface area (Å²) in [6.07, 6.45) is 1.05. The van der Waals surface area contributed by atoms with Crippen LogP contribution in [0.3, 0.4) is 0 Å². The average molecular weight is 254 g/mol. The van der Waals surface area contributed by atoms with Crippen LogP contribution >= 0.6 is 11.6 Å². The van der Waals surface area contributed by atoms with E-state index in [1.165, 1.54) is 0 Å². The lowest BCUT2D eigenvalue weighted by molar-refractivity contribution is 0.151. The van der Waals surface area contributed by atoms with Crippen LogP contribution in [0.5, 0.6) is 0 Å². The molecule has 17 heavy (non-hydrogen) atoms. The van der Waals surface area contributed by atoms with Gasteiger partial charge in [0.05, 0.1) is 17.0 Å². The van der Waals surface area contributed by atoms with Crippen molar-refractivity contribution in [3.05, 3.63) is 29.2 Å². The summed E-state index contributed by atoms with van der Waals surface area (Å²) in [4.78, 5) is 8.26. The van der Waals surface area contributed by atoms with Crippen molar-refractivity contribution in [2.75, 3.05) is 0 Å². The number of hydrogen-bond acceptors (Lipinski definition) is 5. The van der Waals surface area contributed by atoms with Gasteiger partial charge in [-0.15, -0.1) is 0 Å². The Morgan fingerprint density at radius 1 is 1.41 bits per heavy atom. The summed E-state index contributed by atoms with van der Waals surface area (Å²) >= 11 is 5.98. The number of aliphatic hydroxyl groups excluding tert-OH is 1. The molecule has 90 valence electrons. The standard InChI is InChI=1S/C11H12ClN3O2/c1-6(7(2)16)11-14-10(15-17-11)9-8(12)4-3-5-13-9/h3-7,16H,1-2H3. The zero-order valence-electron chi connectivity index (χ0n) is 9.46. The number of nitrogens with zero attached hydrogens (tertiary/aromatic N) is 3. The second kappa shape index (κ2) is 4.81. The minimum Gasteiger partial charge on any atom is -0.393 e. The zero-order valence-corrected chi connectivity index (χ0v) is 10.2. The van der Waals surface area contributed by atoms with Crippen LogP contribution < -0.4 is 0 Å². The summed E-state index contributed by atoms with van der Waals surface area (Å²) in [5.74, 6) is 0.480. The maximum Gasteiger partial charge on any atom is 0.232 e. The van der Waals surface area contributed by atoms with Gasteiger partial charge in [0.1, 0.15) is 5.69 Å². The molecular weight excluding hydrogens is 242 g/mol. The van der Waals surface area contributed by atoms with Crippen LogP contribution in [0.2, 0.25) is 5.02 Å². The molecule has 1 N–H and O–H groups in total. The van der Waals surface area contributed by atoms with Crippen molar-refractivity contribution in [2.24, 2.45) is 0 Å². The minimum atomic E-state index is -0.553. The Bertz CT molecular complexity index is 513. The summed E-state index contributed by atoms with van der Waals surface area (Å²) in [5, 5.41) is 13.7. The van der Waals surface area contributed by atoms with E-state index >= 15 is 0 Å². The molecule has 0 saturated heterocycles. The topological polar surface area (TPSA) is 72.0 Å². The van der Waals surface area contributed by atoms with Crippen molar-refractivity contribution in [1.29, 1.82) is 0 Å². The van der Waals surface area contributed by atoms with Crippen LogP contribution in [-0.4, -0.2) is 26.3 Å². The molecule has 0 aliphatic carbocycles. The molecule has 2 rings (SSSR count). The minimum absolute atomic E-state index is 0.223. The number of halogens is 1. The molecule has 0 aliphatic rings. The molecular formula is C11H12ClN3O2. The lowest BCUT2D eigenvalue weighted by atomic mass is 10.1. The molecule has 2 aromatic heterocycles. The van der Waals surface area contributed by atoms with Gasteiger partial charge in [-0.05, 0) is 19.1 Å². The van der Waals surface area contributed by atoms with Crippen LogP contribution in [0.4, 0.5) is 0 Å². The van der Waals surface area contributed by atoms with Crippen molar-refractivity contribution in [3.63, 3.8) is 0 Å². The SMILES string of the molecule is CC(O)C(C)c1nc(-c2ncccc2Cl)no1. The van der Waals surface area contributed by atoms with Gasteiger partial charge in [0, 0.05) is 6.20 Å². The summed E-state index contributed by atoms with van der Waals surface area (Å²) in [6.45, 7) is 3.48. The van der Waals surface area contributed by atoms with Crippen LogP contribution in [0.15, 0.2) is 22.9 Å². The van der Waals surface area contributed by atoms with Gasteiger partial charge in [0.15, 0.2) is 0 Å². The molecule has 0 saturated carbocycles. The molecule has 0 aromatic carbocycles. The summed E-state index contributed by atoms with van der Waals surface area (Å²) in [7, 11) is 0. The van der Waals surface area contributed by atoms with Gasteiger partial charge in [-0.3, -0.25) is 4.98 Å². The Labute approximate surface area is 103 Å². The normalized spacial score (nSPS) is 14.6. The van der Waals surface area contributed by atoms with Gasteiger partial charge in [0.25, 0.3) is 0 Å². The molecule has 2 unspecified atom stereocenters. The smallest absolute Gasteiger partial charge is 0.232 e. The second-order valence-electron chi connectivity index (χ2n) is 3.82. The van der Waals surface area contributed by atoms with Crippen molar-refractivity contribution >= 4 is 11.6 Å². The monoisotopic (exact) mass is 253 g/mol. The molecule has 2 heterocycles. The largest absolute Gasteiger partial charge is 0.393 e. The van der Waals surface area contributed by atoms with Crippen molar-refractivity contribution in [1.82, 2.24) is 15.1 Å². The maximum absolute atomic E-state index is 9.44. The number of hydrogen-bond donors (Lipinski definition) is 1. The predicted molar refractivity (Wildman–Crippen MR) is 62.6 cm³/mol. The fourth-order valence-electron chi connectivity index (χ4n) is 1.27. The van der Waals surface area contributed by atoms with E-state index in [0.717, 1.165) is 0 Å². The molecule has 0 radical (unpaired) electrons. The Morgan fingerprint density at radius 2 is 2.18 bits per heavy atom. The first-order valence-corrected chi connectivity index (χ1v) is 5.60. The highest BCUT2D eigenvalue weighted by Crippen LogP contribution is 2.25. The van der Waals surface area contributed by atoms with Crippen LogP contribution in [0, 0.1) is 0 Å². The van der Waals surface area contributed by atoms with Gasteiger partial charge in [-0.2, -0.15) is 4.98 Å². The Balaban J connectivity index is 2.34. The van der Waals surface area contributed by atoms with Gasteiger partial charge < -0.3 is 9.63 Å². The molecule has 6 heteroatoms. The maximum atomic E-state index is 9.44. The van der Waals surface area contributed by atoms with Gasteiger partial charge in [-0.1, -0.05) is 23.7 Å². The third-order valence-corrected chi connectivity index (χ3v) is 2.83. The van der Waals surface area contributed by atoms with Crippen molar-refractivity contribution in [2.45, 2.75) is 25.9 Å². The fraction of sp³-hybridized carbons (Fsp3) is 0.364. The number of pyridine rings is 1. The first-order chi connectivity index (χ1) is 8.09. The molecule has 0 bridgehead atoms. The first-order valence-electron chi connectivity index (χ1n) is 5.22. The zero-order chi connectivity index (χ0) is 12.4. The van der Waals surface area contributed by atoms with E-state index < -0.39 is 6.10 Å². The average Bonchev–Trinajstić information content (AvgIpc) is 2.77. The molecule has 0 amide bonds. The van der Waals surface area contributed by atoms with Gasteiger partial charge in [-0.25, -0.2) is 0 Å². The number of aliphatic hydroxyl groups is 1. The lowest BCUT2D eigenvalue weighted by Gasteiger charge is -2.07. The quantitative estimate of drug-likeness (QED) is 0.908. The van der Waals surface area contributed by atoms with Crippen molar-refractivity contribution in [3.8, 4) is 11.5 Å². The molecule has 0 fully saturated rings. The van der Waals surface area contributed by atoms with Crippen LogP contribution in [0.25, 0.3) is 11.5 Å². The van der Waals surface area contributed by atoms with E-state index in [4.69, 9.17) is 16.1 Å². The second-order valence-corrected chi connectivity index (χ2v) is 4.23. The fourth-order valence-corrected chi connectivity index (χ4v) is 1.48. The van der Waals surface area contributed by atoms with Crippen LogP contribution in [0.1, 0.15) is 25.7 Å². The van der Waals surface area contributed by atoms with E-state index in [-0.39, 0.29) is 5.92 Å². The molecule has 2 aromatic rings. The van der Waals surface area contributed by atoms with E-state index in [9.17, 15) is 5.11 Å². The third-order valence-electron chi connectivity index (χ3n) is 2.53. The summed E-state index contributed by atoms with van der Waals surface area (Å²) in [6, 6.07) is 3.43. The summed E-state index contributed by atoms with van der Waals surface area (Å²) in [5.41, 5.74) is 0.474. The lowest BCUT2D eigenvalue weighted by Crippen LogP contribution is -2.11. The first kappa shape index (κ1) is 12.0.